The molecule has 0 unspecified atom stereocenters. The maximum atomic E-state index is 12.1. The summed E-state index contributed by atoms with van der Waals surface area (Å²) in [6.07, 6.45) is 3.05. The SMILES string of the molecule is CCOC(=O)C1CCN(c2ncnc(N(Cc3ccccc3)Cc3ccccc3)c2N)CC1. The Bertz CT molecular complexity index is 996. The maximum absolute atomic E-state index is 12.1. The van der Waals surface area contributed by atoms with Crippen molar-refractivity contribution in [2.75, 3.05) is 35.2 Å². The molecule has 0 atom stereocenters. The van der Waals surface area contributed by atoms with E-state index in [0.717, 1.165) is 24.5 Å². The fourth-order valence-electron chi connectivity index (χ4n) is 4.28. The summed E-state index contributed by atoms with van der Waals surface area (Å²) in [5, 5.41) is 0. The number of carbonyl (C=O) groups excluding carboxylic acids is 1. The van der Waals surface area contributed by atoms with Crippen LogP contribution in [0.25, 0.3) is 0 Å². The molecule has 0 radical (unpaired) electrons. The Labute approximate surface area is 195 Å². The molecule has 7 heteroatoms. The molecule has 1 saturated heterocycles. The Morgan fingerprint density at radius 1 is 1.00 bits per heavy atom. The van der Waals surface area contributed by atoms with Crippen LogP contribution < -0.4 is 15.5 Å². The number of esters is 1. The number of nitrogens with zero attached hydrogens (tertiary/aromatic N) is 4. The van der Waals surface area contributed by atoms with Crippen LogP contribution in [-0.2, 0) is 22.6 Å². The van der Waals surface area contributed by atoms with E-state index in [4.69, 9.17) is 10.5 Å². The first kappa shape index (κ1) is 22.6. The highest BCUT2D eigenvalue weighted by Crippen LogP contribution is 2.33. The zero-order valence-electron chi connectivity index (χ0n) is 19.1. The zero-order valence-corrected chi connectivity index (χ0v) is 19.1. The number of benzene rings is 2. The zero-order chi connectivity index (χ0) is 23.0. The van der Waals surface area contributed by atoms with Gasteiger partial charge in [0.1, 0.15) is 12.0 Å². The molecule has 7 nitrogen and oxygen atoms in total. The normalized spacial score (nSPS) is 14.2. The summed E-state index contributed by atoms with van der Waals surface area (Å²) in [6, 6.07) is 20.6. The van der Waals surface area contributed by atoms with Crippen molar-refractivity contribution in [2.24, 2.45) is 5.92 Å². The van der Waals surface area contributed by atoms with Crippen LogP contribution in [0.2, 0.25) is 0 Å². The molecule has 2 heterocycles. The van der Waals surface area contributed by atoms with Crippen LogP contribution in [0.3, 0.4) is 0 Å². The van der Waals surface area contributed by atoms with Crippen molar-refractivity contribution in [1.82, 2.24) is 9.97 Å². The largest absolute Gasteiger partial charge is 0.466 e. The Morgan fingerprint density at radius 2 is 1.58 bits per heavy atom. The van der Waals surface area contributed by atoms with E-state index in [-0.39, 0.29) is 11.9 Å². The summed E-state index contributed by atoms with van der Waals surface area (Å²) in [4.78, 5) is 25.5. The third-order valence-electron chi connectivity index (χ3n) is 5.99. The third kappa shape index (κ3) is 5.61. The second-order valence-electron chi connectivity index (χ2n) is 8.28. The standard InChI is InChI=1S/C26H31N5O2/c1-2-33-26(32)22-13-15-30(16-14-22)24-23(27)25(29-19-28-24)31(17-20-9-5-3-6-10-20)18-21-11-7-4-8-12-21/h3-12,19,22H,2,13-18,27H2,1H3. The average Bonchev–Trinajstić information content (AvgIpc) is 2.85. The number of rotatable bonds is 8. The molecule has 1 aliphatic rings. The van der Waals surface area contributed by atoms with E-state index in [2.05, 4.69) is 44.0 Å². The van der Waals surface area contributed by atoms with Gasteiger partial charge in [-0.1, -0.05) is 60.7 Å². The summed E-state index contributed by atoms with van der Waals surface area (Å²) in [5.41, 5.74) is 9.60. The van der Waals surface area contributed by atoms with Crippen LogP contribution in [0.4, 0.5) is 17.3 Å². The first-order chi connectivity index (χ1) is 16.2. The van der Waals surface area contributed by atoms with Gasteiger partial charge in [0, 0.05) is 26.2 Å². The number of nitrogens with two attached hydrogens (primary N) is 1. The van der Waals surface area contributed by atoms with Gasteiger partial charge in [-0.25, -0.2) is 9.97 Å². The lowest BCUT2D eigenvalue weighted by Gasteiger charge is -2.33. The van der Waals surface area contributed by atoms with Crippen molar-refractivity contribution in [2.45, 2.75) is 32.9 Å². The second kappa shape index (κ2) is 10.8. The van der Waals surface area contributed by atoms with Crippen molar-refractivity contribution in [1.29, 1.82) is 0 Å². The van der Waals surface area contributed by atoms with Gasteiger partial charge in [-0.2, -0.15) is 0 Å². The molecule has 0 saturated carbocycles. The van der Waals surface area contributed by atoms with Crippen LogP contribution in [0, 0.1) is 5.92 Å². The minimum Gasteiger partial charge on any atom is -0.466 e. The number of ether oxygens (including phenoxy) is 1. The molecule has 2 aromatic carbocycles. The van der Waals surface area contributed by atoms with E-state index in [1.54, 1.807) is 6.33 Å². The van der Waals surface area contributed by atoms with Crippen molar-refractivity contribution in [3.05, 3.63) is 78.1 Å². The van der Waals surface area contributed by atoms with Gasteiger partial charge >= 0.3 is 5.97 Å². The van der Waals surface area contributed by atoms with Gasteiger partial charge in [-0.05, 0) is 30.9 Å². The summed E-state index contributed by atoms with van der Waals surface area (Å²) in [5.74, 6) is 1.29. The predicted octanol–water partition coefficient (Wildman–Crippen LogP) is 4.05. The molecule has 3 aromatic rings. The molecule has 1 aliphatic heterocycles. The predicted molar refractivity (Wildman–Crippen MR) is 131 cm³/mol. The van der Waals surface area contributed by atoms with E-state index in [0.29, 0.717) is 38.5 Å². The van der Waals surface area contributed by atoms with Gasteiger partial charge in [0.15, 0.2) is 11.6 Å². The first-order valence-corrected chi connectivity index (χ1v) is 11.5. The van der Waals surface area contributed by atoms with Gasteiger partial charge in [0.2, 0.25) is 0 Å². The number of aromatic nitrogens is 2. The molecule has 0 spiro atoms. The summed E-state index contributed by atoms with van der Waals surface area (Å²) in [6.45, 7) is 5.04. The fourth-order valence-corrected chi connectivity index (χ4v) is 4.28. The van der Waals surface area contributed by atoms with Crippen LogP contribution in [-0.4, -0.2) is 35.6 Å². The number of piperidine rings is 1. The highest BCUT2D eigenvalue weighted by Gasteiger charge is 2.28. The number of hydrogen-bond acceptors (Lipinski definition) is 7. The van der Waals surface area contributed by atoms with Gasteiger partial charge in [0.25, 0.3) is 0 Å². The summed E-state index contributed by atoms with van der Waals surface area (Å²) in [7, 11) is 0. The molecule has 0 aliphatic carbocycles. The molecule has 0 amide bonds. The lowest BCUT2D eigenvalue weighted by molar-refractivity contribution is -0.148. The minimum atomic E-state index is -0.106. The molecule has 2 N–H and O–H groups in total. The van der Waals surface area contributed by atoms with Gasteiger partial charge in [-0.3, -0.25) is 4.79 Å². The minimum absolute atomic E-state index is 0.0589. The Balaban J connectivity index is 1.56. The highest BCUT2D eigenvalue weighted by atomic mass is 16.5. The number of nitrogen functional groups attached to an aromatic ring is 1. The summed E-state index contributed by atoms with van der Waals surface area (Å²) < 4.78 is 5.20. The first-order valence-electron chi connectivity index (χ1n) is 11.5. The van der Waals surface area contributed by atoms with Crippen LogP contribution in [0.1, 0.15) is 30.9 Å². The van der Waals surface area contributed by atoms with E-state index in [9.17, 15) is 4.79 Å². The van der Waals surface area contributed by atoms with E-state index in [1.165, 1.54) is 11.1 Å². The van der Waals surface area contributed by atoms with E-state index >= 15 is 0 Å². The number of anilines is 3. The summed E-state index contributed by atoms with van der Waals surface area (Å²) >= 11 is 0. The molecular formula is C26H31N5O2. The topological polar surface area (TPSA) is 84.6 Å². The molecule has 172 valence electrons. The lowest BCUT2D eigenvalue weighted by Crippen LogP contribution is -2.38. The van der Waals surface area contributed by atoms with Gasteiger partial charge in [-0.15, -0.1) is 0 Å². The van der Waals surface area contributed by atoms with Crippen molar-refractivity contribution >= 4 is 23.3 Å². The Kier molecular flexibility index (Phi) is 7.40. The van der Waals surface area contributed by atoms with Crippen LogP contribution >= 0.6 is 0 Å². The van der Waals surface area contributed by atoms with Crippen LogP contribution in [0.5, 0.6) is 0 Å². The van der Waals surface area contributed by atoms with Gasteiger partial charge in [0.05, 0.1) is 12.5 Å². The fraction of sp³-hybridized carbons (Fsp3) is 0.346. The molecule has 0 bridgehead atoms. The monoisotopic (exact) mass is 445 g/mol. The second-order valence-corrected chi connectivity index (χ2v) is 8.28. The number of carbonyl (C=O) groups is 1. The number of hydrogen-bond donors (Lipinski definition) is 1. The molecule has 1 fully saturated rings. The lowest BCUT2D eigenvalue weighted by atomic mass is 9.97. The highest BCUT2D eigenvalue weighted by molar-refractivity contribution is 5.77. The molecule has 1 aromatic heterocycles. The van der Waals surface area contributed by atoms with Crippen LogP contribution in [0.15, 0.2) is 67.0 Å². The molecular weight excluding hydrogens is 414 g/mol. The molecule has 4 rings (SSSR count). The third-order valence-corrected chi connectivity index (χ3v) is 5.99. The van der Waals surface area contributed by atoms with Crippen molar-refractivity contribution in [3.63, 3.8) is 0 Å². The Morgan fingerprint density at radius 3 is 2.12 bits per heavy atom. The maximum Gasteiger partial charge on any atom is 0.309 e. The van der Waals surface area contributed by atoms with E-state index in [1.807, 2.05) is 43.3 Å². The van der Waals surface area contributed by atoms with Crippen molar-refractivity contribution < 1.29 is 9.53 Å². The van der Waals surface area contributed by atoms with Crippen molar-refractivity contribution in [3.8, 4) is 0 Å². The average molecular weight is 446 g/mol. The van der Waals surface area contributed by atoms with E-state index < -0.39 is 0 Å². The molecule has 33 heavy (non-hydrogen) atoms. The quantitative estimate of drug-likeness (QED) is 0.524. The van der Waals surface area contributed by atoms with Gasteiger partial charge < -0.3 is 20.3 Å². The smallest absolute Gasteiger partial charge is 0.309 e. The Hall–Kier alpha value is -3.61.